The Balaban J connectivity index is 1.57. The third-order valence-electron chi connectivity index (χ3n) is 4.72. The van der Waals surface area contributed by atoms with E-state index in [4.69, 9.17) is 11.0 Å². The standard InChI is InChI=1S/C20H21N3O/c21-13-15-2-1-3-16(12-15)14-23-10-8-18(9-11-23)17-4-6-19(7-5-17)20(22)24/h1-7,12,18H,8-11,14H2,(H2,22,24). The van der Waals surface area contributed by atoms with Gasteiger partial charge in [-0.05, 0) is 67.2 Å². The Morgan fingerprint density at radius 3 is 2.50 bits per heavy atom. The molecule has 2 aromatic rings. The van der Waals surface area contributed by atoms with E-state index in [0.29, 0.717) is 11.5 Å². The van der Waals surface area contributed by atoms with Gasteiger partial charge in [0, 0.05) is 12.1 Å². The average Bonchev–Trinajstić information content (AvgIpc) is 2.62. The number of carbonyl (C=O) groups is 1. The number of piperidine rings is 1. The number of benzene rings is 2. The van der Waals surface area contributed by atoms with E-state index >= 15 is 0 Å². The maximum absolute atomic E-state index is 11.1. The molecule has 2 aromatic carbocycles. The fourth-order valence-electron chi connectivity index (χ4n) is 3.34. The van der Waals surface area contributed by atoms with Gasteiger partial charge in [-0.25, -0.2) is 0 Å². The minimum atomic E-state index is -0.379. The third-order valence-corrected chi connectivity index (χ3v) is 4.72. The van der Waals surface area contributed by atoms with Crippen molar-refractivity contribution in [2.75, 3.05) is 13.1 Å². The largest absolute Gasteiger partial charge is 0.366 e. The first-order chi connectivity index (χ1) is 11.7. The van der Waals surface area contributed by atoms with Gasteiger partial charge in [0.1, 0.15) is 0 Å². The van der Waals surface area contributed by atoms with Crippen molar-refractivity contribution in [1.82, 2.24) is 4.90 Å². The molecule has 1 amide bonds. The van der Waals surface area contributed by atoms with E-state index in [1.165, 1.54) is 11.1 Å². The molecule has 0 unspecified atom stereocenters. The second-order valence-electron chi connectivity index (χ2n) is 6.35. The van der Waals surface area contributed by atoms with Crippen molar-refractivity contribution in [1.29, 1.82) is 5.26 Å². The second kappa shape index (κ2) is 7.29. The van der Waals surface area contributed by atoms with Gasteiger partial charge >= 0.3 is 0 Å². The van der Waals surface area contributed by atoms with Gasteiger partial charge < -0.3 is 5.73 Å². The molecule has 0 atom stereocenters. The molecule has 4 nitrogen and oxygen atoms in total. The van der Waals surface area contributed by atoms with E-state index in [2.05, 4.69) is 17.0 Å². The van der Waals surface area contributed by atoms with Gasteiger partial charge in [0.25, 0.3) is 0 Å². The van der Waals surface area contributed by atoms with E-state index in [1.807, 2.05) is 42.5 Å². The lowest BCUT2D eigenvalue weighted by molar-refractivity contribution is 0.100. The molecule has 1 saturated heterocycles. The SMILES string of the molecule is N#Cc1cccc(CN2CCC(c3ccc(C(N)=O)cc3)CC2)c1. The van der Waals surface area contributed by atoms with E-state index in [1.54, 1.807) is 0 Å². The second-order valence-corrected chi connectivity index (χ2v) is 6.35. The first kappa shape index (κ1) is 16.2. The van der Waals surface area contributed by atoms with E-state index in [-0.39, 0.29) is 5.91 Å². The lowest BCUT2D eigenvalue weighted by atomic mass is 9.89. The van der Waals surface area contributed by atoms with Crippen LogP contribution >= 0.6 is 0 Å². The van der Waals surface area contributed by atoms with E-state index in [0.717, 1.165) is 38.0 Å². The van der Waals surface area contributed by atoms with Gasteiger partial charge in [0.15, 0.2) is 0 Å². The predicted molar refractivity (Wildman–Crippen MR) is 93.4 cm³/mol. The van der Waals surface area contributed by atoms with Crippen LogP contribution in [-0.2, 0) is 6.54 Å². The maximum Gasteiger partial charge on any atom is 0.248 e. The molecule has 0 saturated carbocycles. The summed E-state index contributed by atoms with van der Waals surface area (Å²) in [5.74, 6) is 0.157. The van der Waals surface area contributed by atoms with Crippen LogP contribution in [0.15, 0.2) is 48.5 Å². The summed E-state index contributed by atoms with van der Waals surface area (Å²) in [7, 11) is 0. The monoisotopic (exact) mass is 319 g/mol. The van der Waals surface area contributed by atoms with Gasteiger partial charge in [0.05, 0.1) is 11.6 Å². The van der Waals surface area contributed by atoms with Gasteiger partial charge in [-0.2, -0.15) is 5.26 Å². The molecule has 1 aliphatic heterocycles. The summed E-state index contributed by atoms with van der Waals surface area (Å²) in [6.45, 7) is 2.97. The summed E-state index contributed by atoms with van der Waals surface area (Å²) in [6.07, 6.45) is 2.21. The van der Waals surface area contributed by atoms with Crippen molar-refractivity contribution in [2.24, 2.45) is 5.73 Å². The molecule has 4 heteroatoms. The smallest absolute Gasteiger partial charge is 0.248 e. The number of amides is 1. The Hall–Kier alpha value is -2.64. The summed E-state index contributed by atoms with van der Waals surface area (Å²) in [5, 5.41) is 8.99. The molecule has 122 valence electrons. The average molecular weight is 319 g/mol. The minimum absolute atomic E-state index is 0.379. The van der Waals surface area contributed by atoms with Crippen LogP contribution < -0.4 is 5.73 Å². The van der Waals surface area contributed by atoms with Crippen LogP contribution in [-0.4, -0.2) is 23.9 Å². The third kappa shape index (κ3) is 3.81. The quantitative estimate of drug-likeness (QED) is 0.941. The van der Waals surface area contributed by atoms with Crippen molar-refractivity contribution < 1.29 is 4.79 Å². The molecule has 1 fully saturated rings. The molecule has 0 bridgehead atoms. The highest BCUT2D eigenvalue weighted by Gasteiger charge is 2.20. The fourth-order valence-corrected chi connectivity index (χ4v) is 3.34. The zero-order valence-electron chi connectivity index (χ0n) is 13.6. The molecule has 3 rings (SSSR count). The molecular formula is C20H21N3O. The molecule has 0 radical (unpaired) electrons. The maximum atomic E-state index is 11.1. The van der Waals surface area contributed by atoms with E-state index in [9.17, 15) is 4.79 Å². The Labute approximate surface area is 142 Å². The fraction of sp³-hybridized carbons (Fsp3) is 0.300. The number of nitriles is 1. The topological polar surface area (TPSA) is 70.1 Å². The van der Waals surface area contributed by atoms with Crippen LogP contribution in [0, 0.1) is 11.3 Å². The number of nitrogens with zero attached hydrogens (tertiary/aromatic N) is 2. The number of hydrogen-bond acceptors (Lipinski definition) is 3. The molecule has 0 aliphatic carbocycles. The van der Waals surface area contributed by atoms with Gasteiger partial charge in [-0.1, -0.05) is 24.3 Å². The molecule has 2 N–H and O–H groups in total. The normalized spacial score (nSPS) is 15.8. The number of nitrogens with two attached hydrogens (primary N) is 1. The molecule has 24 heavy (non-hydrogen) atoms. The Morgan fingerprint density at radius 1 is 1.17 bits per heavy atom. The van der Waals surface area contributed by atoms with Crippen LogP contribution in [0.2, 0.25) is 0 Å². The molecular weight excluding hydrogens is 298 g/mol. The summed E-state index contributed by atoms with van der Waals surface area (Å²) >= 11 is 0. The van der Waals surface area contributed by atoms with Crippen molar-refractivity contribution in [3.05, 3.63) is 70.8 Å². The Kier molecular flexibility index (Phi) is 4.93. The zero-order chi connectivity index (χ0) is 16.9. The van der Waals surface area contributed by atoms with Crippen LogP contribution in [0.3, 0.4) is 0 Å². The summed E-state index contributed by atoms with van der Waals surface area (Å²) in [5.41, 5.74) is 9.05. The van der Waals surface area contributed by atoms with Crippen molar-refractivity contribution in [3.8, 4) is 6.07 Å². The van der Waals surface area contributed by atoms with Crippen LogP contribution in [0.5, 0.6) is 0 Å². The van der Waals surface area contributed by atoms with Crippen molar-refractivity contribution in [3.63, 3.8) is 0 Å². The minimum Gasteiger partial charge on any atom is -0.366 e. The molecule has 0 spiro atoms. The summed E-state index contributed by atoms with van der Waals surface area (Å²) in [4.78, 5) is 13.6. The Morgan fingerprint density at radius 2 is 1.88 bits per heavy atom. The van der Waals surface area contributed by atoms with Crippen LogP contribution in [0.4, 0.5) is 0 Å². The number of hydrogen-bond donors (Lipinski definition) is 1. The number of rotatable bonds is 4. The number of likely N-dealkylation sites (tertiary alicyclic amines) is 1. The first-order valence-corrected chi connectivity index (χ1v) is 8.27. The molecule has 1 heterocycles. The zero-order valence-corrected chi connectivity index (χ0v) is 13.6. The van der Waals surface area contributed by atoms with Crippen molar-refractivity contribution >= 4 is 5.91 Å². The van der Waals surface area contributed by atoms with E-state index < -0.39 is 0 Å². The number of primary amides is 1. The van der Waals surface area contributed by atoms with Crippen LogP contribution in [0.1, 0.15) is 45.8 Å². The first-order valence-electron chi connectivity index (χ1n) is 8.27. The van der Waals surface area contributed by atoms with Gasteiger partial charge in [-0.3, -0.25) is 9.69 Å². The lowest BCUT2D eigenvalue weighted by Gasteiger charge is -2.32. The number of carbonyl (C=O) groups excluding carboxylic acids is 1. The highest BCUT2D eigenvalue weighted by atomic mass is 16.1. The lowest BCUT2D eigenvalue weighted by Crippen LogP contribution is -2.32. The molecule has 0 aromatic heterocycles. The predicted octanol–water partition coefficient (Wildman–Crippen LogP) is 3.04. The highest BCUT2D eigenvalue weighted by molar-refractivity contribution is 5.92. The molecule has 1 aliphatic rings. The van der Waals surface area contributed by atoms with Gasteiger partial charge in [0.2, 0.25) is 5.91 Å². The summed E-state index contributed by atoms with van der Waals surface area (Å²) < 4.78 is 0. The highest BCUT2D eigenvalue weighted by Crippen LogP contribution is 2.28. The summed E-state index contributed by atoms with van der Waals surface area (Å²) in [6, 6.07) is 17.7. The van der Waals surface area contributed by atoms with Crippen molar-refractivity contribution in [2.45, 2.75) is 25.3 Å². The van der Waals surface area contributed by atoms with Gasteiger partial charge in [-0.15, -0.1) is 0 Å². The van der Waals surface area contributed by atoms with Crippen LogP contribution in [0.25, 0.3) is 0 Å². The Bertz CT molecular complexity index is 753.